The largest absolute Gasteiger partial charge is 0.391 e. The van der Waals surface area contributed by atoms with Crippen LogP contribution in [0.4, 0.5) is 0 Å². The lowest BCUT2D eigenvalue weighted by Crippen LogP contribution is -2.56. The van der Waals surface area contributed by atoms with Crippen molar-refractivity contribution in [2.45, 2.75) is 62.7 Å². The Hall–Kier alpha value is -0.660. The van der Waals surface area contributed by atoms with Gasteiger partial charge in [0.15, 0.2) is 9.84 Å². The minimum atomic E-state index is -3.41. The zero-order valence-electron chi connectivity index (χ0n) is 13.7. The van der Waals surface area contributed by atoms with Gasteiger partial charge in [-0.15, -0.1) is 0 Å². The lowest BCUT2D eigenvalue weighted by atomic mass is 10.1. The quantitative estimate of drug-likeness (QED) is 0.799. The van der Waals surface area contributed by atoms with Crippen molar-refractivity contribution < 1.29 is 18.3 Å². The Bertz CT molecular complexity index is 498. The molecule has 0 bridgehead atoms. The van der Waals surface area contributed by atoms with Crippen molar-refractivity contribution in [3.63, 3.8) is 0 Å². The van der Waals surface area contributed by atoms with Gasteiger partial charge in [-0.1, -0.05) is 0 Å². The molecule has 1 amide bonds. The highest BCUT2D eigenvalue weighted by Crippen LogP contribution is 2.25. The maximum Gasteiger partial charge on any atom is 0.240 e. The minimum Gasteiger partial charge on any atom is -0.391 e. The number of piperazine rings is 1. The highest BCUT2D eigenvalue weighted by molar-refractivity contribution is 7.93. The Morgan fingerprint density at radius 3 is 2.14 bits per heavy atom. The number of sulfone groups is 1. The Morgan fingerprint density at radius 2 is 1.68 bits per heavy atom. The van der Waals surface area contributed by atoms with Gasteiger partial charge >= 0.3 is 0 Å². The second-order valence-corrected chi connectivity index (χ2v) is 9.53. The number of nitrogens with zero attached hydrogens (tertiary/aromatic N) is 2. The van der Waals surface area contributed by atoms with E-state index in [9.17, 15) is 18.3 Å². The number of amides is 1. The number of hydrogen-bond donors (Lipinski definition) is 1. The minimum absolute atomic E-state index is 0.203. The topological polar surface area (TPSA) is 77.9 Å². The molecule has 1 aliphatic heterocycles. The van der Waals surface area contributed by atoms with E-state index in [4.69, 9.17) is 0 Å². The molecular weight excluding hydrogens is 304 g/mol. The van der Waals surface area contributed by atoms with Gasteiger partial charge in [0.2, 0.25) is 5.91 Å². The van der Waals surface area contributed by atoms with Crippen molar-refractivity contribution in [3.8, 4) is 0 Å². The predicted octanol–water partition coefficient (Wildman–Crippen LogP) is 0.256. The van der Waals surface area contributed by atoms with Gasteiger partial charge in [0.1, 0.15) is 5.25 Å². The summed E-state index contributed by atoms with van der Waals surface area (Å²) in [5.41, 5.74) is 0. The number of aliphatic hydroxyl groups is 1. The normalized spacial score (nSPS) is 29.0. The van der Waals surface area contributed by atoms with E-state index in [0.29, 0.717) is 26.2 Å². The second kappa shape index (κ2) is 6.84. The van der Waals surface area contributed by atoms with E-state index in [1.807, 2.05) is 0 Å². The number of aliphatic hydroxyl groups excluding tert-OH is 1. The van der Waals surface area contributed by atoms with Crippen molar-refractivity contribution >= 4 is 15.7 Å². The number of carbonyl (C=O) groups is 1. The van der Waals surface area contributed by atoms with E-state index in [2.05, 4.69) is 4.90 Å². The molecular formula is C15H28N2O4S. The van der Waals surface area contributed by atoms with Crippen LogP contribution in [0.3, 0.4) is 0 Å². The van der Waals surface area contributed by atoms with E-state index in [0.717, 1.165) is 19.3 Å². The van der Waals surface area contributed by atoms with Gasteiger partial charge in [0.25, 0.3) is 0 Å². The van der Waals surface area contributed by atoms with Crippen LogP contribution in [-0.4, -0.2) is 78.1 Å². The number of hydrogen-bond acceptors (Lipinski definition) is 5. The number of carbonyl (C=O) groups excluding carboxylic acids is 1. The molecule has 1 saturated heterocycles. The zero-order chi connectivity index (χ0) is 16.5. The number of rotatable bonds is 4. The van der Waals surface area contributed by atoms with Crippen LogP contribution >= 0.6 is 0 Å². The van der Waals surface area contributed by atoms with E-state index >= 15 is 0 Å². The first kappa shape index (κ1) is 17.7. The first-order valence-electron chi connectivity index (χ1n) is 8.18. The van der Waals surface area contributed by atoms with E-state index < -0.39 is 20.3 Å². The molecule has 1 aliphatic carbocycles. The predicted molar refractivity (Wildman–Crippen MR) is 85.3 cm³/mol. The molecule has 0 radical (unpaired) electrons. The molecule has 0 unspecified atom stereocenters. The van der Waals surface area contributed by atoms with E-state index in [1.165, 1.54) is 6.92 Å². The summed E-state index contributed by atoms with van der Waals surface area (Å²) >= 11 is 0. The average Bonchev–Trinajstić information content (AvgIpc) is 2.91. The standard InChI is InChI=1S/C15H28N2O4S/c1-11(2)22(20,21)12(3)15(19)17-9-7-16(8-10-17)13-5-4-6-14(13)18/h11-14,18H,4-10H2,1-3H3/t12-,13-,14-/m1/s1. The Morgan fingerprint density at radius 1 is 1.09 bits per heavy atom. The fraction of sp³-hybridized carbons (Fsp3) is 0.933. The maximum absolute atomic E-state index is 12.4. The molecule has 6 nitrogen and oxygen atoms in total. The van der Waals surface area contributed by atoms with Crippen LogP contribution in [0.15, 0.2) is 0 Å². The summed E-state index contributed by atoms with van der Waals surface area (Å²) < 4.78 is 24.3. The van der Waals surface area contributed by atoms with Crippen LogP contribution in [-0.2, 0) is 14.6 Å². The fourth-order valence-electron chi connectivity index (χ4n) is 3.43. The van der Waals surface area contributed by atoms with Crippen molar-refractivity contribution in [2.24, 2.45) is 0 Å². The lowest BCUT2D eigenvalue weighted by molar-refractivity contribution is -0.132. The molecule has 1 saturated carbocycles. The Labute approximate surface area is 133 Å². The van der Waals surface area contributed by atoms with Crippen LogP contribution in [0.25, 0.3) is 0 Å². The highest BCUT2D eigenvalue weighted by atomic mass is 32.2. The molecule has 128 valence electrons. The van der Waals surface area contributed by atoms with Gasteiger partial charge in [0.05, 0.1) is 11.4 Å². The summed E-state index contributed by atoms with van der Waals surface area (Å²) in [7, 11) is -3.41. The first-order chi connectivity index (χ1) is 10.2. The maximum atomic E-state index is 12.4. The van der Waals surface area contributed by atoms with Crippen LogP contribution in [0.2, 0.25) is 0 Å². The molecule has 0 spiro atoms. The molecule has 2 rings (SSSR count). The van der Waals surface area contributed by atoms with Gasteiger partial charge in [-0.25, -0.2) is 8.42 Å². The molecule has 0 aromatic rings. The van der Waals surface area contributed by atoms with Crippen LogP contribution in [0.1, 0.15) is 40.0 Å². The van der Waals surface area contributed by atoms with Crippen molar-refractivity contribution in [1.29, 1.82) is 0 Å². The molecule has 2 fully saturated rings. The molecule has 0 aromatic carbocycles. The third kappa shape index (κ3) is 3.46. The summed E-state index contributed by atoms with van der Waals surface area (Å²) in [6.07, 6.45) is 2.65. The summed E-state index contributed by atoms with van der Waals surface area (Å²) in [5.74, 6) is -0.291. The summed E-state index contributed by atoms with van der Waals surface area (Å²) in [4.78, 5) is 16.3. The smallest absolute Gasteiger partial charge is 0.240 e. The Balaban J connectivity index is 1.92. The van der Waals surface area contributed by atoms with Crippen molar-refractivity contribution in [3.05, 3.63) is 0 Å². The van der Waals surface area contributed by atoms with Crippen molar-refractivity contribution in [1.82, 2.24) is 9.80 Å². The average molecular weight is 332 g/mol. The molecule has 0 aromatic heterocycles. The molecule has 22 heavy (non-hydrogen) atoms. The summed E-state index contributed by atoms with van der Waals surface area (Å²) in [5, 5.41) is 8.45. The highest BCUT2D eigenvalue weighted by Gasteiger charge is 2.37. The first-order valence-corrected chi connectivity index (χ1v) is 9.79. The van der Waals surface area contributed by atoms with Gasteiger partial charge in [0, 0.05) is 32.2 Å². The molecule has 1 N–H and O–H groups in total. The third-order valence-corrected chi connectivity index (χ3v) is 7.54. The third-order valence-electron chi connectivity index (χ3n) is 5.04. The fourth-order valence-corrected chi connectivity index (χ4v) is 4.67. The monoisotopic (exact) mass is 332 g/mol. The molecule has 2 aliphatic rings. The van der Waals surface area contributed by atoms with Gasteiger partial charge in [-0.3, -0.25) is 9.69 Å². The lowest BCUT2D eigenvalue weighted by Gasteiger charge is -2.39. The molecule has 7 heteroatoms. The Kier molecular flexibility index (Phi) is 5.50. The summed E-state index contributed by atoms with van der Waals surface area (Å²) in [6, 6.07) is 0.203. The molecule has 3 atom stereocenters. The second-order valence-electron chi connectivity index (χ2n) is 6.71. The summed E-state index contributed by atoms with van der Waals surface area (Å²) in [6.45, 7) is 7.21. The van der Waals surface area contributed by atoms with Gasteiger partial charge < -0.3 is 10.0 Å². The molecule has 1 heterocycles. The zero-order valence-corrected chi connectivity index (χ0v) is 14.6. The van der Waals surface area contributed by atoms with E-state index in [1.54, 1.807) is 18.7 Å². The van der Waals surface area contributed by atoms with Crippen LogP contribution in [0.5, 0.6) is 0 Å². The van der Waals surface area contributed by atoms with Gasteiger partial charge in [-0.05, 0) is 40.0 Å². The van der Waals surface area contributed by atoms with Crippen LogP contribution in [0, 0.1) is 0 Å². The van der Waals surface area contributed by atoms with E-state index in [-0.39, 0.29) is 18.1 Å². The van der Waals surface area contributed by atoms with Crippen LogP contribution < -0.4 is 0 Å². The van der Waals surface area contributed by atoms with Crippen molar-refractivity contribution in [2.75, 3.05) is 26.2 Å². The van der Waals surface area contributed by atoms with Gasteiger partial charge in [-0.2, -0.15) is 0 Å². The SMILES string of the molecule is CC(C)S(=O)(=O)[C@H](C)C(=O)N1CCN([C@@H]2CCC[C@H]2O)CC1.